The lowest BCUT2D eigenvalue weighted by Crippen LogP contribution is -2.40. The molecule has 1 N–H and O–H groups in total. The zero-order valence-electron chi connectivity index (χ0n) is 13.7. The maximum Gasteiger partial charge on any atom is 0.255 e. The quantitative estimate of drug-likeness (QED) is 0.701. The molecule has 0 fully saturated rings. The highest BCUT2D eigenvalue weighted by molar-refractivity contribution is 7.99. The zero-order chi connectivity index (χ0) is 17.3. The molecular formula is C13H18N8O2S. The van der Waals surface area contributed by atoms with Gasteiger partial charge in [0.2, 0.25) is 17.0 Å². The number of fused-ring (bicyclic) bond motifs is 1. The van der Waals surface area contributed by atoms with Crippen molar-refractivity contribution in [3.8, 4) is 0 Å². The third kappa shape index (κ3) is 3.25. The molecule has 0 radical (unpaired) electrons. The Balaban J connectivity index is 1.71. The van der Waals surface area contributed by atoms with Gasteiger partial charge in [-0.25, -0.2) is 9.67 Å². The maximum atomic E-state index is 12.4. The van der Waals surface area contributed by atoms with E-state index in [-0.39, 0.29) is 17.2 Å². The largest absolute Gasteiger partial charge is 0.348 e. The summed E-state index contributed by atoms with van der Waals surface area (Å²) in [5, 5.41) is 11.7. The van der Waals surface area contributed by atoms with Gasteiger partial charge in [-0.15, -0.1) is 5.10 Å². The van der Waals surface area contributed by atoms with Crippen molar-refractivity contribution in [3.05, 3.63) is 21.6 Å². The van der Waals surface area contributed by atoms with Gasteiger partial charge in [0.05, 0.1) is 18.0 Å². The highest BCUT2D eigenvalue weighted by atomic mass is 32.2. The van der Waals surface area contributed by atoms with E-state index in [1.807, 2.05) is 14.1 Å². The van der Waals surface area contributed by atoms with Crippen LogP contribution in [0.2, 0.25) is 0 Å². The number of aromatic amines is 1. The van der Waals surface area contributed by atoms with Gasteiger partial charge in [-0.1, -0.05) is 11.8 Å². The molecule has 0 atom stereocenters. The monoisotopic (exact) mass is 350 g/mol. The van der Waals surface area contributed by atoms with Crippen molar-refractivity contribution in [2.45, 2.75) is 18.1 Å². The lowest BCUT2D eigenvalue weighted by molar-refractivity contribution is -0.129. The fourth-order valence-electron chi connectivity index (χ4n) is 2.41. The average molecular weight is 350 g/mol. The van der Waals surface area contributed by atoms with Gasteiger partial charge < -0.3 is 9.80 Å². The molecule has 128 valence electrons. The Bertz CT molecular complexity index is 815. The number of tetrazole rings is 1. The Morgan fingerprint density at radius 2 is 2.21 bits per heavy atom. The fourth-order valence-corrected chi connectivity index (χ4v) is 3.17. The summed E-state index contributed by atoms with van der Waals surface area (Å²) in [5.41, 5.74) is 1.19. The van der Waals surface area contributed by atoms with Crippen molar-refractivity contribution in [1.29, 1.82) is 0 Å². The molecule has 0 aromatic carbocycles. The van der Waals surface area contributed by atoms with Crippen molar-refractivity contribution in [2.75, 3.05) is 31.3 Å². The number of nitrogens with one attached hydrogen (secondary N) is 1. The van der Waals surface area contributed by atoms with E-state index in [9.17, 15) is 9.59 Å². The Labute approximate surface area is 142 Å². The van der Waals surface area contributed by atoms with E-state index in [4.69, 9.17) is 0 Å². The summed E-state index contributed by atoms with van der Waals surface area (Å²) >= 11 is 1.29. The van der Waals surface area contributed by atoms with Crippen LogP contribution < -0.4 is 10.5 Å². The van der Waals surface area contributed by atoms with E-state index in [1.54, 1.807) is 16.8 Å². The minimum Gasteiger partial charge on any atom is -0.348 e. The molecule has 0 unspecified atom stereocenters. The van der Waals surface area contributed by atoms with Crippen LogP contribution in [-0.4, -0.2) is 67.4 Å². The van der Waals surface area contributed by atoms with Crippen LogP contribution >= 0.6 is 11.8 Å². The number of thioether (sulfide) groups is 1. The molecule has 3 heterocycles. The predicted molar refractivity (Wildman–Crippen MR) is 87.8 cm³/mol. The predicted octanol–water partition coefficient (Wildman–Crippen LogP) is -0.964. The number of hydrogen-bond donors (Lipinski definition) is 1. The number of carbonyl (C=O) groups is 1. The second-order valence-corrected chi connectivity index (χ2v) is 6.59. The normalized spacial score (nSPS) is 13.7. The first-order valence-electron chi connectivity index (χ1n) is 7.38. The molecule has 11 heteroatoms. The molecule has 2 aromatic rings. The summed E-state index contributed by atoms with van der Waals surface area (Å²) in [6, 6.07) is 0. The zero-order valence-corrected chi connectivity index (χ0v) is 14.5. The van der Waals surface area contributed by atoms with Gasteiger partial charge in [0.25, 0.3) is 5.56 Å². The summed E-state index contributed by atoms with van der Waals surface area (Å²) in [6.07, 6.45) is 0.507. The van der Waals surface area contributed by atoms with Gasteiger partial charge in [-0.05, 0) is 16.8 Å². The average Bonchev–Trinajstić information content (AvgIpc) is 2.97. The second kappa shape index (κ2) is 6.59. The standard InChI is InChI=1S/C13H18N8O2S/c1-19(2)12-14-9-6-21(5-4-8(9)11(23)15-12)10(22)7-24-13-16-17-18-20(13)3/h4-7H2,1-3H3,(H,14,15,23). The van der Waals surface area contributed by atoms with Crippen molar-refractivity contribution >= 4 is 23.6 Å². The Morgan fingerprint density at radius 1 is 1.42 bits per heavy atom. The number of rotatable bonds is 4. The lowest BCUT2D eigenvalue weighted by atomic mass is 10.1. The SMILES string of the molecule is CN(C)c1nc2c(c(=O)[nH]1)CCN(C(=O)CSc1nnnn1C)C2. The summed E-state index contributed by atoms with van der Waals surface area (Å²) < 4.78 is 1.52. The highest BCUT2D eigenvalue weighted by Gasteiger charge is 2.25. The molecule has 1 aliphatic heterocycles. The van der Waals surface area contributed by atoms with Gasteiger partial charge in [-0.2, -0.15) is 0 Å². The van der Waals surface area contributed by atoms with Crippen molar-refractivity contribution in [3.63, 3.8) is 0 Å². The molecule has 0 bridgehead atoms. The van der Waals surface area contributed by atoms with Gasteiger partial charge in [-0.3, -0.25) is 14.6 Å². The number of nitrogens with zero attached hydrogens (tertiary/aromatic N) is 7. The van der Waals surface area contributed by atoms with Crippen molar-refractivity contribution in [1.82, 2.24) is 35.1 Å². The van der Waals surface area contributed by atoms with E-state index >= 15 is 0 Å². The van der Waals surface area contributed by atoms with Crippen LogP contribution in [0.15, 0.2) is 9.95 Å². The first kappa shape index (κ1) is 16.4. The number of hydrogen-bond acceptors (Lipinski definition) is 8. The number of aryl methyl sites for hydroxylation is 1. The van der Waals surface area contributed by atoms with Gasteiger partial charge >= 0.3 is 0 Å². The summed E-state index contributed by atoms with van der Waals surface area (Å²) in [5.74, 6) is 0.711. The highest BCUT2D eigenvalue weighted by Crippen LogP contribution is 2.18. The van der Waals surface area contributed by atoms with Crippen LogP contribution in [0, 0.1) is 0 Å². The van der Waals surface area contributed by atoms with Gasteiger partial charge in [0, 0.05) is 33.3 Å². The molecule has 0 saturated heterocycles. The van der Waals surface area contributed by atoms with E-state index in [1.165, 1.54) is 16.4 Å². The van der Waals surface area contributed by atoms with E-state index in [2.05, 4.69) is 25.5 Å². The number of anilines is 1. The molecule has 0 saturated carbocycles. The molecule has 10 nitrogen and oxygen atoms in total. The summed E-state index contributed by atoms with van der Waals surface area (Å²) in [7, 11) is 5.34. The first-order valence-corrected chi connectivity index (χ1v) is 8.36. The Hall–Kier alpha value is -2.43. The number of amides is 1. The maximum absolute atomic E-state index is 12.4. The van der Waals surface area contributed by atoms with Crippen molar-refractivity contribution in [2.24, 2.45) is 7.05 Å². The molecule has 1 aliphatic rings. The number of H-pyrrole nitrogens is 1. The van der Waals surface area contributed by atoms with Crippen LogP contribution in [0.5, 0.6) is 0 Å². The van der Waals surface area contributed by atoms with Crippen molar-refractivity contribution < 1.29 is 4.79 Å². The minimum absolute atomic E-state index is 0.0258. The second-order valence-electron chi connectivity index (χ2n) is 5.65. The molecule has 24 heavy (non-hydrogen) atoms. The third-order valence-corrected chi connectivity index (χ3v) is 4.74. The molecule has 3 rings (SSSR count). The van der Waals surface area contributed by atoms with Gasteiger partial charge in [0.15, 0.2) is 0 Å². The third-order valence-electron chi connectivity index (χ3n) is 3.74. The van der Waals surface area contributed by atoms with Crippen LogP contribution in [0.25, 0.3) is 0 Å². The molecule has 0 spiro atoms. The topological polar surface area (TPSA) is 113 Å². The summed E-state index contributed by atoms with van der Waals surface area (Å²) in [6.45, 7) is 0.853. The molecule has 2 aromatic heterocycles. The first-order chi connectivity index (χ1) is 11.5. The molecule has 1 amide bonds. The number of carbonyl (C=O) groups excluding carboxylic acids is 1. The van der Waals surface area contributed by atoms with E-state index in [0.29, 0.717) is 41.9 Å². The lowest BCUT2D eigenvalue weighted by Gasteiger charge is -2.28. The van der Waals surface area contributed by atoms with Crippen LogP contribution in [0.3, 0.4) is 0 Å². The Kier molecular flexibility index (Phi) is 4.51. The van der Waals surface area contributed by atoms with Crippen LogP contribution in [-0.2, 0) is 24.8 Å². The molecule has 0 aliphatic carbocycles. The van der Waals surface area contributed by atoms with Gasteiger partial charge in [0.1, 0.15) is 0 Å². The summed E-state index contributed by atoms with van der Waals surface area (Å²) in [4.78, 5) is 35.2. The van der Waals surface area contributed by atoms with Crippen LogP contribution in [0.4, 0.5) is 5.95 Å². The number of aromatic nitrogens is 6. The fraction of sp³-hybridized carbons (Fsp3) is 0.538. The minimum atomic E-state index is -0.129. The Morgan fingerprint density at radius 3 is 2.88 bits per heavy atom. The van der Waals surface area contributed by atoms with E-state index < -0.39 is 0 Å². The smallest absolute Gasteiger partial charge is 0.255 e. The van der Waals surface area contributed by atoms with E-state index in [0.717, 1.165) is 0 Å². The molecular weight excluding hydrogens is 332 g/mol. The van der Waals surface area contributed by atoms with Crippen LogP contribution in [0.1, 0.15) is 11.3 Å².